The SMILES string of the molecule is Cc1cccc(OCCc2nc(C(C)C)c(CN)s2)c1C. The standard InChI is InChI=1S/C17H24N2OS/c1-11(2)17-15(10-18)21-16(19-17)8-9-20-14-7-5-6-12(3)13(14)4/h5-7,11H,8-10,18H2,1-4H3. The van der Waals surface area contributed by atoms with Crippen LogP contribution in [0.25, 0.3) is 0 Å². The molecule has 1 heterocycles. The predicted molar refractivity (Wildman–Crippen MR) is 89.2 cm³/mol. The van der Waals surface area contributed by atoms with Crippen LogP contribution in [0, 0.1) is 13.8 Å². The summed E-state index contributed by atoms with van der Waals surface area (Å²) in [6, 6.07) is 6.16. The van der Waals surface area contributed by atoms with Crippen molar-refractivity contribution >= 4 is 11.3 Å². The van der Waals surface area contributed by atoms with Crippen LogP contribution >= 0.6 is 11.3 Å². The van der Waals surface area contributed by atoms with Gasteiger partial charge in [0.1, 0.15) is 5.75 Å². The molecule has 21 heavy (non-hydrogen) atoms. The van der Waals surface area contributed by atoms with Crippen LogP contribution in [-0.2, 0) is 13.0 Å². The first-order chi connectivity index (χ1) is 10.0. The number of rotatable bonds is 6. The van der Waals surface area contributed by atoms with Gasteiger partial charge in [0.15, 0.2) is 0 Å². The van der Waals surface area contributed by atoms with Crippen LogP contribution in [-0.4, -0.2) is 11.6 Å². The van der Waals surface area contributed by atoms with Crippen LogP contribution in [0.3, 0.4) is 0 Å². The molecule has 0 radical (unpaired) electrons. The minimum Gasteiger partial charge on any atom is -0.493 e. The van der Waals surface area contributed by atoms with Crippen LogP contribution in [0.4, 0.5) is 0 Å². The number of nitrogens with two attached hydrogens (primary N) is 1. The van der Waals surface area contributed by atoms with E-state index >= 15 is 0 Å². The molecule has 0 aliphatic carbocycles. The van der Waals surface area contributed by atoms with E-state index < -0.39 is 0 Å². The van der Waals surface area contributed by atoms with Crippen LogP contribution in [0.1, 0.15) is 46.5 Å². The van der Waals surface area contributed by atoms with E-state index in [-0.39, 0.29) is 0 Å². The Hall–Kier alpha value is -1.39. The summed E-state index contributed by atoms with van der Waals surface area (Å²) in [5.74, 6) is 1.39. The Morgan fingerprint density at radius 2 is 2.05 bits per heavy atom. The molecular weight excluding hydrogens is 280 g/mol. The zero-order chi connectivity index (χ0) is 15.4. The molecule has 2 rings (SSSR count). The molecule has 0 spiro atoms. The van der Waals surface area contributed by atoms with Gasteiger partial charge in [0, 0.05) is 17.8 Å². The van der Waals surface area contributed by atoms with Crippen molar-refractivity contribution in [2.75, 3.05) is 6.61 Å². The highest BCUT2D eigenvalue weighted by Gasteiger charge is 2.13. The number of ether oxygens (including phenoxy) is 1. The largest absolute Gasteiger partial charge is 0.493 e. The fraction of sp³-hybridized carbons (Fsp3) is 0.471. The van der Waals surface area contributed by atoms with Crippen molar-refractivity contribution in [3.63, 3.8) is 0 Å². The van der Waals surface area contributed by atoms with Gasteiger partial charge < -0.3 is 10.5 Å². The van der Waals surface area contributed by atoms with Crippen LogP contribution in [0.2, 0.25) is 0 Å². The van der Waals surface area contributed by atoms with E-state index in [1.165, 1.54) is 16.0 Å². The van der Waals surface area contributed by atoms with Crippen LogP contribution in [0.15, 0.2) is 18.2 Å². The number of aromatic nitrogens is 1. The lowest BCUT2D eigenvalue weighted by atomic mass is 10.1. The maximum Gasteiger partial charge on any atom is 0.122 e. The molecule has 0 fully saturated rings. The monoisotopic (exact) mass is 304 g/mol. The van der Waals surface area contributed by atoms with E-state index in [2.05, 4.69) is 33.8 Å². The lowest BCUT2D eigenvalue weighted by molar-refractivity contribution is 0.319. The van der Waals surface area contributed by atoms with Crippen molar-refractivity contribution in [3.8, 4) is 5.75 Å². The number of hydrogen-bond donors (Lipinski definition) is 1. The maximum absolute atomic E-state index is 5.90. The Morgan fingerprint density at radius 3 is 2.67 bits per heavy atom. The molecule has 1 aromatic heterocycles. The van der Waals surface area contributed by atoms with Crippen molar-refractivity contribution in [2.45, 2.75) is 46.6 Å². The highest BCUT2D eigenvalue weighted by atomic mass is 32.1. The van der Waals surface area contributed by atoms with E-state index in [1.54, 1.807) is 11.3 Å². The first-order valence-electron chi connectivity index (χ1n) is 7.40. The van der Waals surface area contributed by atoms with Crippen molar-refractivity contribution in [1.29, 1.82) is 0 Å². The predicted octanol–water partition coefficient (Wildman–Crippen LogP) is 3.96. The Kier molecular flexibility index (Phi) is 5.37. The van der Waals surface area contributed by atoms with Crippen LogP contribution in [0.5, 0.6) is 5.75 Å². The average Bonchev–Trinajstić information content (AvgIpc) is 2.87. The molecule has 2 N–H and O–H groups in total. The van der Waals surface area contributed by atoms with Crippen LogP contribution < -0.4 is 10.5 Å². The third-order valence-corrected chi connectivity index (χ3v) is 4.79. The number of aryl methyl sites for hydroxylation is 1. The lowest BCUT2D eigenvalue weighted by Gasteiger charge is -2.09. The van der Waals surface area contributed by atoms with Gasteiger partial charge in [-0.3, -0.25) is 0 Å². The number of benzene rings is 1. The van der Waals surface area contributed by atoms with E-state index in [0.717, 1.165) is 22.9 Å². The van der Waals surface area contributed by atoms with E-state index in [1.807, 2.05) is 12.1 Å². The van der Waals surface area contributed by atoms with Gasteiger partial charge in [-0.25, -0.2) is 4.98 Å². The van der Waals surface area contributed by atoms with Gasteiger partial charge >= 0.3 is 0 Å². The summed E-state index contributed by atoms with van der Waals surface area (Å²) in [6.07, 6.45) is 0.831. The van der Waals surface area contributed by atoms with Crippen molar-refractivity contribution in [2.24, 2.45) is 5.73 Å². The Morgan fingerprint density at radius 1 is 1.29 bits per heavy atom. The Labute approximate surface area is 131 Å². The molecule has 0 unspecified atom stereocenters. The zero-order valence-electron chi connectivity index (χ0n) is 13.3. The molecule has 3 nitrogen and oxygen atoms in total. The van der Waals surface area contributed by atoms with Crippen molar-refractivity contribution < 1.29 is 4.74 Å². The Balaban J connectivity index is 1.99. The third kappa shape index (κ3) is 3.83. The summed E-state index contributed by atoms with van der Waals surface area (Å²) < 4.78 is 5.90. The smallest absolute Gasteiger partial charge is 0.122 e. The molecule has 0 amide bonds. The van der Waals surface area contributed by atoms with E-state index in [4.69, 9.17) is 15.5 Å². The van der Waals surface area contributed by atoms with Crippen molar-refractivity contribution in [3.05, 3.63) is 44.9 Å². The second-order valence-electron chi connectivity index (χ2n) is 5.57. The fourth-order valence-electron chi connectivity index (χ4n) is 2.25. The third-order valence-electron chi connectivity index (χ3n) is 3.63. The molecule has 0 saturated heterocycles. The van der Waals surface area contributed by atoms with Gasteiger partial charge in [0.05, 0.1) is 17.3 Å². The van der Waals surface area contributed by atoms with E-state index in [9.17, 15) is 0 Å². The van der Waals surface area contributed by atoms with Gasteiger partial charge in [-0.1, -0.05) is 26.0 Å². The molecule has 1 aromatic carbocycles. The van der Waals surface area contributed by atoms with Gasteiger partial charge in [-0.15, -0.1) is 11.3 Å². The first kappa shape index (κ1) is 16.0. The van der Waals surface area contributed by atoms with Gasteiger partial charge in [0.2, 0.25) is 0 Å². The Bertz CT molecular complexity index is 605. The molecule has 0 bridgehead atoms. The molecule has 2 aromatic rings. The first-order valence-corrected chi connectivity index (χ1v) is 8.22. The molecular formula is C17H24N2OS. The van der Waals surface area contributed by atoms with Crippen molar-refractivity contribution in [1.82, 2.24) is 4.98 Å². The number of thiazole rings is 1. The summed E-state index contributed by atoms with van der Waals surface area (Å²) in [5.41, 5.74) is 9.41. The topological polar surface area (TPSA) is 48.1 Å². The molecule has 4 heteroatoms. The zero-order valence-corrected chi connectivity index (χ0v) is 14.1. The summed E-state index contributed by atoms with van der Waals surface area (Å²) in [4.78, 5) is 5.91. The summed E-state index contributed by atoms with van der Waals surface area (Å²) in [5, 5.41) is 1.12. The molecule has 0 aliphatic heterocycles. The lowest BCUT2D eigenvalue weighted by Crippen LogP contribution is -2.03. The maximum atomic E-state index is 5.90. The molecule has 0 atom stereocenters. The fourth-order valence-corrected chi connectivity index (χ4v) is 3.33. The van der Waals surface area contributed by atoms with Gasteiger partial charge in [0.25, 0.3) is 0 Å². The van der Waals surface area contributed by atoms with Gasteiger partial charge in [-0.2, -0.15) is 0 Å². The minimum absolute atomic E-state index is 0.425. The molecule has 114 valence electrons. The average molecular weight is 304 g/mol. The summed E-state index contributed by atoms with van der Waals surface area (Å²) in [6.45, 7) is 9.74. The van der Waals surface area contributed by atoms with Gasteiger partial charge in [-0.05, 0) is 37.0 Å². The van der Waals surface area contributed by atoms with E-state index in [0.29, 0.717) is 19.1 Å². The normalized spacial score (nSPS) is 11.1. The molecule has 0 saturated carbocycles. The number of hydrogen-bond acceptors (Lipinski definition) is 4. The minimum atomic E-state index is 0.425. The number of nitrogens with zero attached hydrogens (tertiary/aromatic N) is 1. The second-order valence-corrected chi connectivity index (χ2v) is 6.74. The highest BCUT2D eigenvalue weighted by molar-refractivity contribution is 7.11. The summed E-state index contributed by atoms with van der Waals surface area (Å²) in [7, 11) is 0. The molecule has 0 aliphatic rings. The summed E-state index contributed by atoms with van der Waals surface area (Å²) >= 11 is 1.71. The second kappa shape index (κ2) is 7.05. The highest BCUT2D eigenvalue weighted by Crippen LogP contribution is 2.25. The quantitative estimate of drug-likeness (QED) is 0.878.